The summed E-state index contributed by atoms with van der Waals surface area (Å²) >= 11 is 0. The Morgan fingerprint density at radius 3 is 2.26 bits per heavy atom. The molecule has 0 aromatic carbocycles. The number of amides is 1. The molecule has 0 rings (SSSR count). The van der Waals surface area contributed by atoms with Crippen molar-refractivity contribution in [2.45, 2.75) is 59.6 Å². The Morgan fingerprint density at radius 1 is 1.26 bits per heavy atom. The number of nitrogens with one attached hydrogen (secondary N) is 1. The van der Waals surface area contributed by atoms with Crippen LogP contribution in [0.5, 0.6) is 0 Å². The highest BCUT2D eigenvalue weighted by molar-refractivity contribution is 5.85. The molecule has 0 aliphatic rings. The molecule has 116 valence electrons. The van der Waals surface area contributed by atoms with Crippen LogP contribution in [-0.4, -0.2) is 31.2 Å². The van der Waals surface area contributed by atoms with Crippen molar-refractivity contribution < 1.29 is 9.53 Å². The highest BCUT2D eigenvalue weighted by Crippen LogP contribution is 2.10. The lowest BCUT2D eigenvalue weighted by Crippen LogP contribution is -2.42. The van der Waals surface area contributed by atoms with Crippen molar-refractivity contribution in [1.82, 2.24) is 5.32 Å². The van der Waals surface area contributed by atoms with E-state index in [0.29, 0.717) is 25.0 Å². The Balaban J connectivity index is 0. The van der Waals surface area contributed by atoms with Crippen molar-refractivity contribution in [3.63, 3.8) is 0 Å². The van der Waals surface area contributed by atoms with Gasteiger partial charge in [-0.25, -0.2) is 0 Å². The molecule has 19 heavy (non-hydrogen) atoms. The standard InChI is InChI=1S/C14H30N2O2.ClH/c1-6-18-13(11(4)5)7-8-16-14(17)12(15)9-10(2)3;/h10-13H,6-9,15H2,1-5H3,(H,16,17);1H/t12-,13?;/m0./s1. The molecule has 0 aliphatic heterocycles. The monoisotopic (exact) mass is 294 g/mol. The van der Waals surface area contributed by atoms with Crippen molar-refractivity contribution in [2.24, 2.45) is 17.6 Å². The molecule has 3 N–H and O–H groups in total. The number of hydrogen-bond acceptors (Lipinski definition) is 3. The van der Waals surface area contributed by atoms with Crippen LogP contribution in [0.3, 0.4) is 0 Å². The van der Waals surface area contributed by atoms with Crippen LogP contribution in [0.4, 0.5) is 0 Å². The molecule has 0 aromatic rings. The van der Waals surface area contributed by atoms with E-state index in [0.717, 1.165) is 12.8 Å². The summed E-state index contributed by atoms with van der Waals surface area (Å²) in [6, 6.07) is -0.394. The van der Waals surface area contributed by atoms with E-state index in [1.54, 1.807) is 0 Å². The van der Waals surface area contributed by atoms with Gasteiger partial charge in [-0.3, -0.25) is 4.79 Å². The molecule has 0 radical (unpaired) electrons. The van der Waals surface area contributed by atoms with Crippen LogP contribution in [0.1, 0.15) is 47.5 Å². The van der Waals surface area contributed by atoms with Crippen molar-refractivity contribution in [3.05, 3.63) is 0 Å². The third-order valence-electron chi connectivity index (χ3n) is 2.91. The second kappa shape index (κ2) is 11.5. The molecule has 0 aliphatic carbocycles. The van der Waals surface area contributed by atoms with Gasteiger partial charge in [-0.05, 0) is 31.6 Å². The summed E-state index contributed by atoms with van der Waals surface area (Å²) in [6.45, 7) is 11.7. The normalized spacial score (nSPS) is 14.1. The van der Waals surface area contributed by atoms with E-state index in [-0.39, 0.29) is 24.4 Å². The third-order valence-corrected chi connectivity index (χ3v) is 2.91. The molecule has 4 nitrogen and oxygen atoms in total. The molecule has 0 heterocycles. The average molecular weight is 295 g/mol. The van der Waals surface area contributed by atoms with Gasteiger partial charge in [0.2, 0.25) is 5.91 Å². The van der Waals surface area contributed by atoms with Gasteiger partial charge in [-0.15, -0.1) is 12.4 Å². The summed E-state index contributed by atoms with van der Waals surface area (Å²) < 4.78 is 5.63. The van der Waals surface area contributed by atoms with Crippen LogP contribution in [0, 0.1) is 11.8 Å². The number of nitrogens with two attached hydrogens (primary N) is 1. The molecule has 0 bridgehead atoms. The fourth-order valence-electron chi connectivity index (χ4n) is 1.91. The summed E-state index contributed by atoms with van der Waals surface area (Å²) in [5.41, 5.74) is 5.81. The van der Waals surface area contributed by atoms with E-state index in [4.69, 9.17) is 10.5 Å². The Kier molecular flexibility index (Phi) is 12.7. The van der Waals surface area contributed by atoms with Crippen LogP contribution in [0.25, 0.3) is 0 Å². The molecule has 1 amide bonds. The van der Waals surface area contributed by atoms with Gasteiger partial charge in [0, 0.05) is 13.2 Å². The number of carbonyl (C=O) groups excluding carboxylic acids is 1. The molecule has 1 unspecified atom stereocenters. The van der Waals surface area contributed by atoms with Crippen LogP contribution in [0.15, 0.2) is 0 Å². The minimum absolute atomic E-state index is 0. The van der Waals surface area contributed by atoms with E-state index in [1.807, 2.05) is 6.92 Å². The first-order valence-corrected chi connectivity index (χ1v) is 7.03. The fraction of sp³-hybridized carbons (Fsp3) is 0.929. The Bertz CT molecular complexity index is 235. The average Bonchev–Trinajstić information content (AvgIpc) is 2.26. The highest BCUT2D eigenvalue weighted by atomic mass is 35.5. The van der Waals surface area contributed by atoms with Gasteiger partial charge in [0.15, 0.2) is 0 Å². The van der Waals surface area contributed by atoms with Crippen LogP contribution in [-0.2, 0) is 9.53 Å². The van der Waals surface area contributed by atoms with Gasteiger partial charge in [-0.2, -0.15) is 0 Å². The quantitative estimate of drug-likeness (QED) is 0.686. The molecular formula is C14H31ClN2O2. The van der Waals surface area contributed by atoms with Gasteiger partial charge in [0.05, 0.1) is 12.1 Å². The van der Waals surface area contributed by atoms with Crippen LogP contribution >= 0.6 is 12.4 Å². The first-order valence-electron chi connectivity index (χ1n) is 7.03. The van der Waals surface area contributed by atoms with Gasteiger partial charge in [-0.1, -0.05) is 27.7 Å². The zero-order valence-electron chi connectivity index (χ0n) is 12.9. The lowest BCUT2D eigenvalue weighted by molar-refractivity contribution is -0.122. The van der Waals surface area contributed by atoms with Crippen molar-refractivity contribution >= 4 is 18.3 Å². The number of carbonyl (C=O) groups is 1. The predicted octanol–water partition coefficient (Wildman–Crippen LogP) is 2.35. The van der Waals surface area contributed by atoms with Crippen LogP contribution in [0.2, 0.25) is 0 Å². The molecule has 0 fully saturated rings. The lowest BCUT2D eigenvalue weighted by atomic mass is 10.0. The van der Waals surface area contributed by atoms with Crippen molar-refractivity contribution in [2.75, 3.05) is 13.2 Å². The zero-order chi connectivity index (χ0) is 14.1. The maximum atomic E-state index is 11.7. The van der Waals surface area contributed by atoms with E-state index in [9.17, 15) is 4.79 Å². The summed E-state index contributed by atoms with van der Waals surface area (Å²) in [5.74, 6) is 0.853. The van der Waals surface area contributed by atoms with Crippen molar-refractivity contribution in [1.29, 1.82) is 0 Å². The maximum absolute atomic E-state index is 11.7. The third kappa shape index (κ3) is 10.2. The van der Waals surface area contributed by atoms with Gasteiger partial charge < -0.3 is 15.8 Å². The summed E-state index contributed by atoms with van der Waals surface area (Å²) in [6.07, 6.45) is 1.77. The second-order valence-electron chi connectivity index (χ2n) is 5.55. The Hall–Kier alpha value is -0.320. The molecule has 2 atom stereocenters. The molecular weight excluding hydrogens is 264 g/mol. The number of ether oxygens (including phenoxy) is 1. The van der Waals surface area contributed by atoms with E-state index < -0.39 is 6.04 Å². The number of hydrogen-bond donors (Lipinski definition) is 2. The second-order valence-corrected chi connectivity index (χ2v) is 5.55. The summed E-state index contributed by atoms with van der Waals surface area (Å²) in [7, 11) is 0. The molecule has 5 heteroatoms. The van der Waals surface area contributed by atoms with Gasteiger partial charge in [0.25, 0.3) is 0 Å². The Labute approximate surface area is 124 Å². The fourth-order valence-corrected chi connectivity index (χ4v) is 1.91. The van der Waals surface area contributed by atoms with E-state index in [2.05, 4.69) is 33.0 Å². The number of halogens is 1. The summed E-state index contributed by atoms with van der Waals surface area (Å²) in [5, 5.41) is 2.89. The minimum atomic E-state index is -0.394. The van der Waals surface area contributed by atoms with Crippen molar-refractivity contribution in [3.8, 4) is 0 Å². The zero-order valence-corrected chi connectivity index (χ0v) is 13.8. The highest BCUT2D eigenvalue weighted by Gasteiger charge is 2.16. The van der Waals surface area contributed by atoms with E-state index in [1.165, 1.54) is 0 Å². The summed E-state index contributed by atoms with van der Waals surface area (Å²) in [4.78, 5) is 11.7. The SMILES string of the molecule is CCOC(CCNC(=O)[C@@H](N)CC(C)C)C(C)C.Cl. The molecule has 0 saturated heterocycles. The molecule has 0 aromatic heterocycles. The molecule has 0 spiro atoms. The van der Waals surface area contributed by atoms with Gasteiger partial charge >= 0.3 is 0 Å². The smallest absolute Gasteiger partial charge is 0.236 e. The first kappa shape index (κ1) is 21.0. The first-order chi connectivity index (χ1) is 8.38. The molecule has 0 saturated carbocycles. The topological polar surface area (TPSA) is 64.3 Å². The van der Waals surface area contributed by atoms with E-state index >= 15 is 0 Å². The number of rotatable bonds is 9. The lowest BCUT2D eigenvalue weighted by Gasteiger charge is -2.21. The Morgan fingerprint density at radius 2 is 1.84 bits per heavy atom. The largest absolute Gasteiger partial charge is 0.378 e. The predicted molar refractivity (Wildman–Crippen MR) is 82.6 cm³/mol. The minimum Gasteiger partial charge on any atom is -0.378 e. The maximum Gasteiger partial charge on any atom is 0.236 e. The van der Waals surface area contributed by atoms with Crippen LogP contribution < -0.4 is 11.1 Å². The van der Waals surface area contributed by atoms with Gasteiger partial charge in [0.1, 0.15) is 0 Å².